The van der Waals surface area contributed by atoms with Gasteiger partial charge in [-0.1, -0.05) is 52.4 Å². The minimum Gasteiger partial charge on any atom is -0.378 e. The maximum Gasteiger partial charge on any atom is 0.408 e. The summed E-state index contributed by atoms with van der Waals surface area (Å²) in [6.07, 6.45) is 28.5. The van der Waals surface area contributed by atoms with Crippen LogP contribution in [0.1, 0.15) is 291 Å². The van der Waals surface area contributed by atoms with E-state index in [0.29, 0.717) is 120 Å². The molecule has 1 unspecified atom stereocenters. The average Bonchev–Trinajstić information content (AvgIpc) is 1.65. The number of hydrogen-bond donors (Lipinski definition) is 7. The third-order valence-electron chi connectivity index (χ3n) is 30.2. The minimum atomic E-state index is -4.46. The second-order valence-electron chi connectivity index (χ2n) is 41.5. The van der Waals surface area contributed by atoms with Gasteiger partial charge in [-0.25, -0.2) is 29.9 Å². The van der Waals surface area contributed by atoms with Gasteiger partial charge < -0.3 is 78.5 Å². The molecule has 12 aromatic heterocycles. The molecule has 20 rings (SSSR count). The first-order valence-corrected chi connectivity index (χ1v) is 50.4. The van der Waals surface area contributed by atoms with Crippen LogP contribution in [0.4, 0.5) is 30.6 Å². The van der Waals surface area contributed by atoms with Gasteiger partial charge in [0.1, 0.15) is 40.4 Å². The summed E-state index contributed by atoms with van der Waals surface area (Å²) in [5.41, 5.74) is 16.2. The number of nitrogens with zero attached hydrogens (tertiary/aromatic N) is 14. The summed E-state index contributed by atoms with van der Waals surface area (Å²) in [5, 5.41) is 21.3. The molecule has 6 amide bonds. The summed E-state index contributed by atoms with van der Waals surface area (Å²) >= 11 is 0. The smallest absolute Gasteiger partial charge is 0.378 e. The van der Waals surface area contributed by atoms with Gasteiger partial charge in [0, 0.05) is 115 Å². The number of fused-ring (bicyclic) bond motifs is 6. The number of halogens is 3. The highest BCUT2D eigenvalue weighted by atomic mass is 19.4. The molecule has 746 valence electrons. The number of nitrogens with one attached hydrogen (secondary N) is 7. The standard InChI is InChI=1S/C20H28N4O2.C19H23F3N4O2.C19H27N3O.C17H24N4O.2C16H21N3O/c1-14-7-8-16(19(25)22-20(2,3)15-5-4-6-15)18-21-17(13-24(14)18)23-9-11-26-12-10-23;1-12-5-6-14(18(27)24-16(19(20,21)22)13-3-2-4-13)17-23-15(11-26(12)17)25-7-9-28-10-8-25;1-12(2)10-17(15-6-5-7-15)21-19(23)16-9-8-14(4)22-11-13(3)20-18(16)22;1-11-8-9-13(15-19-10-14(18-4)21(11)15)16(22)20-17(2,3)12-6-5-7-12;2*1-10-9-19-11(2)7-8-14(15(19)17-10)16(20)18-12(3)13-5-4-6-13/h7-8,13,15H,4-6,9-12H2,1-3H3,(H,22,25);5-6,11,13,16H,2-4,7-10H2,1H3,(H,24,27);8-9,11-12,15,17H,5-7,10H2,1-4H3,(H,21,23);8-10,12,18H,5-7H2,1-4H3,(H,20,22);2*7-9,12-13H,4-6H2,1-3H3,(H,18,20)/t;;17-;;2*12-/m..1.10/s1. The number of hydrogen-bond acceptors (Lipinski definition) is 17. The fourth-order valence-corrected chi connectivity index (χ4v) is 20.0. The van der Waals surface area contributed by atoms with E-state index in [0.717, 1.165) is 125 Å². The molecule has 0 aromatic carbocycles. The number of rotatable bonds is 23. The van der Waals surface area contributed by atoms with Crippen molar-refractivity contribution in [1.29, 1.82) is 0 Å². The van der Waals surface area contributed by atoms with Crippen LogP contribution in [0.5, 0.6) is 0 Å². The van der Waals surface area contributed by atoms with Crippen LogP contribution in [-0.4, -0.2) is 193 Å². The number of pyridine rings is 6. The Morgan fingerprint density at radius 2 is 0.691 bits per heavy atom. The lowest BCUT2D eigenvalue weighted by Gasteiger charge is -2.41. The molecule has 139 heavy (non-hydrogen) atoms. The van der Waals surface area contributed by atoms with Gasteiger partial charge in [-0.3, -0.25) is 33.2 Å². The van der Waals surface area contributed by atoms with Gasteiger partial charge in [-0.05, 0) is 302 Å². The van der Waals surface area contributed by atoms with Gasteiger partial charge in [-0.15, -0.1) is 0 Å². The zero-order valence-electron chi connectivity index (χ0n) is 84.5. The summed E-state index contributed by atoms with van der Waals surface area (Å²) in [4.78, 5) is 108. The predicted octanol–water partition coefficient (Wildman–Crippen LogP) is 18.4. The summed E-state index contributed by atoms with van der Waals surface area (Å²) in [7, 11) is 1.86. The minimum absolute atomic E-state index is 0.0122. The molecule has 29 nitrogen and oxygen atoms in total. The van der Waals surface area contributed by atoms with Crippen molar-refractivity contribution in [2.24, 2.45) is 41.4 Å². The second-order valence-corrected chi connectivity index (χ2v) is 41.5. The van der Waals surface area contributed by atoms with E-state index in [1.807, 2.05) is 188 Å². The fourth-order valence-electron chi connectivity index (χ4n) is 20.0. The molecule has 2 saturated heterocycles. The van der Waals surface area contributed by atoms with Crippen LogP contribution in [0, 0.1) is 104 Å². The molecule has 12 aromatic rings. The zero-order valence-corrected chi connectivity index (χ0v) is 84.5. The highest BCUT2D eigenvalue weighted by Gasteiger charge is 2.48. The van der Waals surface area contributed by atoms with Crippen LogP contribution < -0.4 is 47.0 Å². The van der Waals surface area contributed by atoms with Gasteiger partial charge in [0.15, 0.2) is 16.9 Å². The Hall–Kier alpha value is -11.9. The lowest BCUT2D eigenvalue weighted by atomic mass is 9.72. The molecule has 2 aliphatic heterocycles. The fraction of sp³-hybridized carbons (Fsp3) is 0.551. The van der Waals surface area contributed by atoms with Crippen LogP contribution in [-0.2, 0) is 9.47 Å². The summed E-state index contributed by atoms with van der Waals surface area (Å²) < 4.78 is 62.8. The van der Waals surface area contributed by atoms with Gasteiger partial charge in [0.2, 0.25) is 0 Å². The number of alkyl halides is 3. The molecule has 6 saturated carbocycles. The van der Waals surface area contributed by atoms with Crippen LogP contribution in [0.3, 0.4) is 0 Å². The van der Waals surface area contributed by atoms with Crippen molar-refractivity contribution >= 4 is 86.8 Å². The first kappa shape index (κ1) is 101. The van der Waals surface area contributed by atoms with Crippen molar-refractivity contribution in [3.05, 3.63) is 195 Å². The average molecular weight is 1910 g/mol. The van der Waals surface area contributed by atoms with Crippen molar-refractivity contribution in [3.8, 4) is 0 Å². The Balaban J connectivity index is 0.000000127. The number of ether oxygens (including phenoxy) is 2. The molecule has 4 atom stereocenters. The first-order valence-electron chi connectivity index (χ1n) is 50.4. The van der Waals surface area contributed by atoms with E-state index < -0.39 is 24.0 Å². The summed E-state index contributed by atoms with van der Waals surface area (Å²) in [5.74, 6) is 4.77. The van der Waals surface area contributed by atoms with Gasteiger partial charge in [0.25, 0.3) is 35.4 Å². The van der Waals surface area contributed by atoms with E-state index in [-0.39, 0.29) is 64.3 Å². The van der Waals surface area contributed by atoms with Crippen LogP contribution in [0.15, 0.2) is 110 Å². The van der Waals surface area contributed by atoms with E-state index in [4.69, 9.17) is 14.5 Å². The van der Waals surface area contributed by atoms with Crippen LogP contribution in [0.25, 0.3) is 33.9 Å². The Labute approximate surface area is 814 Å². The van der Waals surface area contributed by atoms with Crippen molar-refractivity contribution in [2.45, 2.75) is 281 Å². The molecule has 8 fully saturated rings. The highest BCUT2D eigenvalue weighted by molar-refractivity contribution is 6.04. The van der Waals surface area contributed by atoms with Gasteiger partial charge >= 0.3 is 6.18 Å². The highest BCUT2D eigenvalue weighted by Crippen LogP contribution is 2.41. The Morgan fingerprint density at radius 3 is 1.01 bits per heavy atom. The van der Waals surface area contributed by atoms with Crippen molar-refractivity contribution in [2.75, 3.05) is 74.8 Å². The lowest BCUT2D eigenvalue weighted by Crippen LogP contribution is -2.52. The molecular formula is C107H144F3N21O8. The number of carbonyl (C=O) groups is 6. The molecule has 6 aliphatic carbocycles. The van der Waals surface area contributed by atoms with Crippen molar-refractivity contribution in [1.82, 2.24) is 88.2 Å². The number of morpholine rings is 2. The number of aryl methyl sites for hydroxylation is 9. The monoisotopic (exact) mass is 1910 g/mol. The first-order chi connectivity index (χ1) is 66.3. The molecule has 7 N–H and O–H groups in total. The normalized spacial score (nSPS) is 17.5. The number of imidazole rings is 6. The SMILES string of the molecule is CNc1cnc2c(C(=O)NC(C)(C)C3CCC3)ccc(C)n12.Cc1ccc(C(=O)NC(C)(C)C2CCC2)c2nc(N3CCOCC3)cn12.Cc1ccc(C(=O)NC(C2CCC2)C(F)(F)F)c2nc(N3CCOCC3)cn12.Cc1cn2c(C)ccc(C(=O)N[C@@H](C)C3CCC3)c2n1.Cc1cn2c(C)ccc(C(=O)N[C@H](C)C3CCC3)c2n1.Cc1cn2c(C)ccc(C(=O)N[C@H](CC(C)C)C3CCC3)c2n1. The maximum atomic E-state index is 13.4. The van der Waals surface area contributed by atoms with Gasteiger partial charge in [-0.2, -0.15) is 13.2 Å². The Kier molecular flexibility index (Phi) is 31.7. The third-order valence-corrected chi connectivity index (χ3v) is 30.2. The van der Waals surface area contributed by atoms with E-state index in [2.05, 4.69) is 122 Å². The number of amides is 6. The second kappa shape index (κ2) is 43.4. The van der Waals surface area contributed by atoms with Crippen LogP contribution in [0.2, 0.25) is 0 Å². The Morgan fingerprint density at radius 1 is 0.381 bits per heavy atom. The predicted molar refractivity (Wildman–Crippen MR) is 538 cm³/mol. The number of carbonyl (C=O) groups excluding carboxylic acids is 6. The van der Waals surface area contributed by atoms with Crippen LogP contribution >= 0.6 is 0 Å². The van der Waals surface area contributed by atoms with Crippen molar-refractivity contribution in [3.63, 3.8) is 0 Å². The maximum absolute atomic E-state index is 13.4. The molecule has 0 spiro atoms. The van der Waals surface area contributed by atoms with E-state index >= 15 is 0 Å². The molecule has 0 bridgehead atoms. The van der Waals surface area contributed by atoms with E-state index in [1.165, 1.54) is 96.3 Å². The van der Waals surface area contributed by atoms with Crippen molar-refractivity contribution < 1.29 is 51.4 Å². The molecule has 32 heteroatoms. The van der Waals surface area contributed by atoms with E-state index in [9.17, 15) is 41.9 Å². The largest absolute Gasteiger partial charge is 0.408 e. The number of aromatic nitrogens is 12. The third kappa shape index (κ3) is 23.2. The molecule has 0 radical (unpaired) electrons. The van der Waals surface area contributed by atoms with Gasteiger partial charge in [0.05, 0.1) is 95.5 Å². The topological polar surface area (TPSA) is 315 Å². The molecule has 8 aliphatic rings. The Bertz CT molecular complexity index is 6280. The lowest BCUT2D eigenvalue weighted by molar-refractivity contribution is -0.171. The molecule has 14 heterocycles. The summed E-state index contributed by atoms with van der Waals surface area (Å²) in [6, 6.07) is 21.5. The molecular weight excluding hydrogens is 1760 g/mol. The quantitative estimate of drug-likeness (QED) is 0.0313. The summed E-state index contributed by atoms with van der Waals surface area (Å²) in [6.45, 7) is 40.6. The number of anilines is 3. The van der Waals surface area contributed by atoms with E-state index in [1.54, 1.807) is 22.7 Å². The zero-order chi connectivity index (χ0) is 99.2.